The summed E-state index contributed by atoms with van der Waals surface area (Å²) in [5.41, 5.74) is 8.49. The Kier molecular flexibility index (Phi) is 4.08. The summed E-state index contributed by atoms with van der Waals surface area (Å²) in [6.45, 7) is 0.502. The Hall–Kier alpha value is -3.11. The van der Waals surface area contributed by atoms with E-state index in [0.717, 1.165) is 5.56 Å². The lowest BCUT2D eigenvalue weighted by Crippen LogP contribution is -2.22. The van der Waals surface area contributed by atoms with Crippen molar-refractivity contribution < 1.29 is 4.79 Å². The van der Waals surface area contributed by atoms with E-state index >= 15 is 0 Å². The molecule has 0 saturated heterocycles. The van der Waals surface area contributed by atoms with E-state index in [9.17, 15) is 4.79 Å². The molecule has 0 spiro atoms. The SMILES string of the molecule is N#Cc1cnn(-c2ccc(C(=O)NCc3ccsc3)cc2)c1N. The van der Waals surface area contributed by atoms with Crippen LogP contribution in [0.1, 0.15) is 21.5 Å². The summed E-state index contributed by atoms with van der Waals surface area (Å²) in [6.07, 6.45) is 1.41. The second kappa shape index (κ2) is 6.34. The van der Waals surface area contributed by atoms with Gasteiger partial charge in [0, 0.05) is 12.1 Å². The molecular formula is C16H13N5OS. The number of carbonyl (C=O) groups is 1. The number of nitrogens with one attached hydrogen (secondary N) is 1. The number of nitrogens with zero attached hydrogens (tertiary/aromatic N) is 3. The Morgan fingerprint density at radius 2 is 2.13 bits per heavy atom. The summed E-state index contributed by atoms with van der Waals surface area (Å²) in [5.74, 6) is 0.135. The van der Waals surface area contributed by atoms with E-state index in [1.807, 2.05) is 22.9 Å². The van der Waals surface area contributed by atoms with Gasteiger partial charge in [0.05, 0.1) is 11.9 Å². The molecule has 3 aromatic rings. The van der Waals surface area contributed by atoms with Gasteiger partial charge >= 0.3 is 0 Å². The van der Waals surface area contributed by atoms with E-state index in [1.54, 1.807) is 35.6 Å². The number of carbonyl (C=O) groups excluding carboxylic acids is 1. The Bertz CT molecular complexity index is 859. The van der Waals surface area contributed by atoms with E-state index in [4.69, 9.17) is 11.0 Å². The summed E-state index contributed by atoms with van der Waals surface area (Å²) in [7, 11) is 0. The van der Waals surface area contributed by atoms with Gasteiger partial charge < -0.3 is 11.1 Å². The second-order valence-corrected chi connectivity index (χ2v) is 5.61. The number of hydrogen-bond acceptors (Lipinski definition) is 5. The van der Waals surface area contributed by atoms with Crippen LogP contribution in [0, 0.1) is 11.3 Å². The Morgan fingerprint density at radius 3 is 2.74 bits per heavy atom. The van der Waals surface area contributed by atoms with Crippen molar-refractivity contribution >= 4 is 23.1 Å². The monoisotopic (exact) mass is 323 g/mol. The lowest BCUT2D eigenvalue weighted by Gasteiger charge is -2.07. The molecule has 0 aliphatic rings. The normalized spacial score (nSPS) is 10.2. The predicted molar refractivity (Wildman–Crippen MR) is 88.2 cm³/mol. The maximum Gasteiger partial charge on any atom is 0.251 e. The minimum Gasteiger partial charge on any atom is -0.382 e. The van der Waals surface area contributed by atoms with Crippen LogP contribution in [0.2, 0.25) is 0 Å². The first-order chi connectivity index (χ1) is 11.2. The molecule has 6 nitrogen and oxygen atoms in total. The number of benzene rings is 1. The minimum absolute atomic E-state index is 0.145. The van der Waals surface area contributed by atoms with Gasteiger partial charge in [-0.1, -0.05) is 0 Å². The molecule has 0 aliphatic carbocycles. The number of rotatable bonds is 4. The van der Waals surface area contributed by atoms with Crippen LogP contribution in [0.25, 0.3) is 5.69 Å². The van der Waals surface area contributed by atoms with Gasteiger partial charge in [-0.25, -0.2) is 4.68 Å². The Labute approximate surface area is 136 Å². The molecule has 0 atom stereocenters. The van der Waals surface area contributed by atoms with Crippen LogP contribution in [0.4, 0.5) is 5.82 Å². The highest BCUT2D eigenvalue weighted by Crippen LogP contribution is 2.17. The highest BCUT2D eigenvalue weighted by Gasteiger charge is 2.10. The third-order valence-electron chi connectivity index (χ3n) is 3.33. The Morgan fingerprint density at radius 1 is 1.35 bits per heavy atom. The van der Waals surface area contributed by atoms with Crippen molar-refractivity contribution in [3.63, 3.8) is 0 Å². The second-order valence-electron chi connectivity index (χ2n) is 4.83. The summed E-state index contributed by atoms with van der Waals surface area (Å²) in [6, 6.07) is 10.8. The van der Waals surface area contributed by atoms with Gasteiger partial charge in [0.2, 0.25) is 0 Å². The third-order valence-corrected chi connectivity index (χ3v) is 4.07. The lowest BCUT2D eigenvalue weighted by atomic mass is 10.2. The Balaban J connectivity index is 1.72. The van der Waals surface area contributed by atoms with Gasteiger partial charge in [-0.2, -0.15) is 21.7 Å². The molecule has 0 unspecified atom stereocenters. The highest BCUT2D eigenvalue weighted by atomic mass is 32.1. The number of amides is 1. The molecule has 1 amide bonds. The molecule has 114 valence electrons. The average Bonchev–Trinajstić information content (AvgIpc) is 3.22. The fourth-order valence-electron chi connectivity index (χ4n) is 2.08. The topological polar surface area (TPSA) is 96.7 Å². The van der Waals surface area contributed by atoms with Gasteiger partial charge in [-0.05, 0) is 46.7 Å². The molecule has 1 aromatic carbocycles. The van der Waals surface area contributed by atoms with Crippen LogP contribution in [0.3, 0.4) is 0 Å². The number of nitrogens with two attached hydrogens (primary N) is 1. The molecule has 23 heavy (non-hydrogen) atoms. The fourth-order valence-corrected chi connectivity index (χ4v) is 2.75. The van der Waals surface area contributed by atoms with Gasteiger partial charge in [0.15, 0.2) is 0 Å². The zero-order chi connectivity index (χ0) is 16.2. The predicted octanol–water partition coefficient (Wildman–Crippen LogP) is 2.32. The summed E-state index contributed by atoms with van der Waals surface area (Å²) < 4.78 is 1.46. The maximum atomic E-state index is 12.1. The van der Waals surface area contributed by atoms with Crippen molar-refractivity contribution in [3.8, 4) is 11.8 Å². The van der Waals surface area contributed by atoms with Gasteiger partial charge in [-0.15, -0.1) is 0 Å². The van der Waals surface area contributed by atoms with Gasteiger partial charge in [0.1, 0.15) is 17.5 Å². The first-order valence-corrected chi connectivity index (χ1v) is 7.76. The van der Waals surface area contributed by atoms with E-state index < -0.39 is 0 Å². The standard InChI is InChI=1S/C16H13N5OS/c17-7-13-9-20-21(15(13)18)14-3-1-12(2-4-14)16(22)19-8-11-5-6-23-10-11/h1-6,9-10H,8,18H2,(H,19,22). The maximum absolute atomic E-state index is 12.1. The van der Waals surface area contributed by atoms with Crippen LogP contribution < -0.4 is 11.1 Å². The van der Waals surface area contributed by atoms with Crippen LogP contribution in [-0.4, -0.2) is 15.7 Å². The molecule has 2 aromatic heterocycles. The number of anilines is 1. The van der Waals surface area contributed by atoms with Crippen molar-refractivity contribution in [1.82, 2.24) is 15.1 Å². The first-order valence-electron chi connectivity index (χ1n) is 6.82. The van der Waals surface area contributed by atoms with Crippen LogP contribution in [-0.2, 0) is 6.54 Å². The molecule has 3 N–H and O–H groups in total. The van der Waals surface area contributed by atoms with Gasteiger partial charge in [-0.3, -0.25) is 4.79 Å². The molecule has 7 heteroatoms. The van der Waals surface area contributed by atoms with Crippen LogP contribution >= 0.6 is 11.3 Å². The van der Waals surface area contributed by atoms with Crippen LogP contribution in [0.5, 0.6) is 0 Å². The largest absolute Gasteiger partial charge is 0.382 e. The zero-order valence-corrected chi connectivity index (χ0v) is 12.9. The van der Waals surface area contributed by atoms with E-state index in [-0.39, 0.29) is 11.7 Å². The van der Waals surface area contributed by atoms with Gasteiger partial charge in [0.25, 0.3) is 5.91 Å². The van der Waals surface area contributed by atoms with Crippen molar-refractivity contribution in [2.45, 2.75) is 6.54 Å². The molecule has 0 bridgehead atoms. The third kappa shape index (κ3) is 3.07. The average molecular weight is 323 g/mol. The molecule has 2 heterocycles. The fraction of sp³-hybridized carbons (Fsp3) is 0.0625. The quantitative estimate of drug-likeness (QED) is 0.770. The smallest absolute Gasteiger partial charge is 0.251 e. The minimum atomic E-state index is -0.145. The number of thiophene rings is 1. The van der Waals surface area contributed by atoms with Crippen molar-refractivity contribution in [3.05, 3.63) is 64.0 Å². The molecular weight excluding hydrogens is 310 g/mol. The summed E-state index contributed by atoms with van der Waals surface area (Å²) >= 11 is 1.60. The molecule has 0 aliphatic heterocycles. The number of nitrogen functional groups attached to an aromatic ring is 1. The van der Waals surface area contributed by atoms with Crippen molar-refractivity contribution in [2.24, 2.45) is 0 Å². The molecule has 3 rings (SSSR count). The number of aromatic nitrogens is 2. The zero-order valence-electron chi connectivity index (χ0n) is 12.1. The molecule has 0 saturated carbocycles. The molecule has 0 radical (unpaired) electrons. The van der Waals surface area contributed by atoms with Crippen molar-refractivity contribution in [1.29, 1.82) is 5.26 Å². The van der Waals surface area contributed by atoms with E-state index in [2.05, 4.69) is 10.4 Å². The van der Waals surface area contributed by atoms with E-state index in [1.165, 1.54) is 10.9 Å². The molecule has 0 fully saturated rings. The lowest BCUT2D eigenvalue weighted by molar-refractivity contribution is 0.0951. The number of hydrogen-bond donors (Lipinski definition) is 2. The van der Waals surface area contributed by atoms with E-state index in [0.29, 0.717) is 23.4 Å². The van der Waals surface area contributed by atoms with Crippen molar-refractivity contribution in [2.75, 3.05) is 5.73 Å². The van der Waals surface area contributed by atoms with Crippen LogP contribution in [0.15, 0.2) is 47.3 Å². The highest BCUT2D eigenvalue weighted by molar-refractivity contribution is 7.07. The number of nitriles is 1. The summed E-state index contributed by atoms with van der Waals surface area (Å²) in [4.78, 5) is 12.1. The first kappa shape index (κ1) is 14.8. The summed E-state index contributed by atoms with van der Waals surface area (Å²) in [5, 5.41) is 19.8.